The first-order chi connectivity index (χ1) is 4.20. The van der Waals surface area contributed by atoms with Crippen LogP contribution in [-0.2, 0) is 4.79 Å². The van der Waals surface area contributed by atoms with Crippen LogP contribution in [0.2, 0.25) is 0 Å². The molecule has 1 atom stereocenters. The molecular weight excluding hydrogens is 116 g/mol. The first-order valence-electron chi connectivity index (χ1n) is 3.09. The van der Waals surface area contributed by atoms with Crippen molar-refractivity contribution < 1.29 is 9.90 Å². The Hall–Kier alpha value is -0.790. The van der Waals surface area contributed by atoms with Gasteiger partial charge in [0.05, 0.1) is 5.92 Å². The SMILES string of the molecule is C=C1CCC(C(=O)O)C1. The van der Waals surface area contributed by atoms with Crippen LogP contribution in [0.15, 0.2) is 12.2 Å². The van der Waals surface area contributed by atoms with Gasteiger partial charge in [-0.1, -0.05) is 12.2 Å². The quantitative estimate of drug-likeness (QED) is 0.539. The lowest BCUT2D eigenvalue weighted by molar-refractivity contribution is -0.141. The maximum Gasteiger partial charge on any atom is 0.306 e. The van der Waals surface area contributed by atoms with Gasteiger partial charge in [-0.25, -0.2) is 0 Å². The van der Waals surface area contributed by atoms with E-state index in [0.29, 0.717) is 6.42 Å². The Morgan fingerprint density at radius 2 is 2.44 bits per heavy atom. The number of hydrogen-bond donors (Lipinski definition) is 1. The van der Waals surface area contributed by atoms with E-state index in [4.69, 9.17) is 5.11 Å². The van der Waals surface area contributed by atoms with Gasteiger partial charge in [0, 0.05) is 0 Å². The van der Waals surface area contributed by atoms with E-state index < -0.39 is 5.97 Å². The fraction of sp³-hybridized carbons (Fsp3) is 0.571. The molecule has 0 bridgehead atoms. The Balaban J connectivity index is 2.48. The Labute approximate surface area is 54.2 Å². The van der Waals surface area contributed by atoms with Gasteiger partial charge in [-0.05, 0) is 19.3 Å². The summed E-state index contributed by atoms with van der Waals surface area (Å²) in [6.07, 6.45) is 2.38. The average Bonchev–Trinajstić information content (AvgIpc) is 2.14. The molecule has 1 saturated carbocycles. The summed E-state index contributed by atoms with van der Waals surface area (Å²) in [7, 11) is 0. The fourth-order valence-corrected chi connectivity index (χ4v) is 1.14. The molecule has 0 radical (unpaired) electrons. The summed E-state index contributed by atoms with van der Waals surface area (Å²) in [6, 6.07) is 0. The fourth-order valence-electron chi connectivity index (χ4n) is 1.14. The highest BCUT2D eigenvalue weighted by molar-refractivity contribution is 5.71. The van der Waals surface area contributed by atoms with Gasteiger partial charge in [0.2, 0.25) is 0 Å². The second-order valence-electron chi connectivity index (χ2n) is 2.53. The summed E-state index contributed by atoms with van der Waals surface area (Å²) in [5, 5.41) is 8.49. The minimum atomic E-state index is -0.673. The maximum atomic E-state index is 10.3. The highest BCUT2D eigenvalue weighted by atomic mass is 16.4. The van der Waals surface area contributed by atoms with Crippen molar-refractivity contribution >= 4 is 5.97 Å². The lowest BCUT2D eigenvalue weighted by Gasteiger charge is -1.97. The molecule has 1 aliphatic rings. The molecule has 0 amide bonds. The molecule has 0 aromatic carbocycles. The van der Waals surface area contributed by atoms with Gasteiger partial charge < -0.3 is 5.11 Å². The molecule has 1 unspecified atom stereocenters. The molecule has 0 aromatic rings. The molecule has 1 N–H and O–H groups in total. The third kappa shape index (κ3) is 1.31. The third-order valence-corrected chi connectivity index (χ3v) is 1.73. The van der Waals surface area contributed by atoms with E-state index in [9.17, 15) is 4.79 Å². The predicted octanol–water partition coefficient (Wildman–Crippen LogP) is 1.43. The van der Waals surface area contributed by atoms with Crippen molar-refractivity contribution in [3.05, 3.63) is 12.2 Å². The minimum Gasteiger partial charge on any atom is -0.481 e. The van der Waals surface area contributed by atoms with Crippen LogP contribution in [0.5, 0.6) is 0 Å². The topological polar surface area (TPSA) is 37.3 Å². The Morgan fingerprint density at radius 3 is 2.67 bits per heavy atom. The molecule has 2 nitrogen and oxygen atoms in total. The van der Waals surface area contributed by atoms with Crippen molar-refractivity contribution in [2.45, 2.75) is 19.3 Å². The van der Waals surface area contributed by atoms with Gasteiger partial charge in [-0.2, -0.15) is 0 Å². The normalized spacial score (nSPS) is 26.7. The number of rotatable bonds is 1. The number of aliphatic carboxylic acids is 1. The molecule has 0 heterocycles. The predicted molar refractivity (Wildman–Crippen MR) is 34.1 cm³/mol. The second kappa shape index (κ2) is 2.21. The molecular formula is C7H10O2. The standard InChI is InChI=1S/C7H10O2/c1-5-2-3-6(4-5)7(8)9/h6H,1-4H2,(H,8,9). The molecule has 1 fully saturated rings. The zero-order valence-electron chi connectivity index (χ0n) is 5.26. The van der Waals surface area contributed by atoms with Crippen molar-refractivity contribution in [3.63, 3.8) is 0 Å². The summed E-state index contributed by atoms with van der Waals surface area (Å²) >= 11 is 0. The first-order valence-corrected chi connectivity index (χ1v) is 3.09. The average molecular weight is 126 g/mol. The van der Waals surface area contributed by atoms with Crippen molar-refractivity contribution in [2.24, 2.45) is 5.92 Å². The van der Waals surface area contributed by atoms with Crippen molar-refractivity contribution in [3.8, 4) is 0 Å². The van der Waals surface area contributed by atoms with Gasteiger partial charge in [0.25, 0.3) is 0 Å². The lowest BCUT2D eigenvalue weighted by atomic mass is 10.1. The number of carboxylic acids is 1. The molecule has 0 aromatic heterocycles. The molecule has 1 rings (SSSR count). The molecule has 0 saturated heterocycles. The highest BCUT2D eigenvalue weighted by Crippen LogP contribution is 2.28. The van der Waals surface area contributed by atoms with Crippen molar-refractivity contribution in [2.75, 3.05) is 0 Å². The lowest BCUT2D eigenvalue weighted by Crippen LogP contribution is -2.08. The Bertz CT molecular complexity index is 149. The summed E-state index contributed by atoms with van der Waals surface area (Å²) in [5.74, 6) is -0.814. The van der Waals surface area contributed by atoms with Gasteiger partial charge >= 0.3 is 5.97 Å². The summed E-state index contributed by atoms with van der Waals surface area (Å²) in [5.41, 5.74) is 1.09. The van der Waals surface area contributed by atoms with Crippen molar-refractivity contribution in [1.29, 1.82) is 0 Å². The van der Waals surface area contributed by atoms with Crippen LogP contribution in [0.25, 0.3) is 0 Å². The molecule has 2 heteroatoms. The zero-order chi connectivity index (χ0) is 6.85. The largest absolute Gasteiger partial charge is 0.481 e. The zero-order valence-corrected chi connectivity index (χ0v) is 5.26. The molecule has 0 spiro atoms. The van der Waals surface area contributed by atoms with Crippen LogP contribution in [0.3, 0.4) is 0 Å². The van der Waals surface area contributed by atoms with Gasteiger partial charge in [-0.3, -0.25) is 4.79 Å². The van der Waals surface area contributed by atoms with Crippen LogP contribution in [0.1, 0.15) is 19.3 Å². The van der Waals surface area contributed by atoms with Crippen molar-refractivity contribution in [1.82, 2.24) is 0 Å². The third-order valence-electron chi connectivity index (χ3n) is 1.73. The van der Waals surface area contributed by atoms with Gasteiger partial charge in [-0.15, -0.1) is 0 Å². The van der Waals surface area contributed by atoms with Gasteiger partial charge in [0.1, 0.15) is 0 Å². The van der Waals surface area contributed by atoms with E-state index in [1.165, 1.54) is 0 Å². The van der Waals surface area contributed by atoms with E-state index in [-0.39, 0.29) is 5.92 Å². The highest BCUT2D eigenvalue weighted by Gasteiger charge is 2.23. The number of carboxylic acid groups (broad SMARTS) is 1. The van der Waals surface area contributed by atoms with E-state index >= 15 is 0 Å². The number of hydrogen-bond acceptors (Lipinski definition) is 1. The smallest absolute Gasteiger partial charge is 0.306 e. The summed E-state index contributed by atoms with van der Waals surface area (Å²) in [6.45, 7) is 3.72. The molecule has 50 valence electrons. The van der Waals surface area contributed by atoms with Crippen LogP contribution in [0, 0.1) is 5.92 Å². The summed E-state index contributed by atoms with van der Waals surface area (Å²) in [4.78, 5) is 10.3. The number of carbonyl (C=O) groups is 1. The molecule has 0 aliphatic heterocycles. The Kier molecular flexibility index (Phi) is 1.56. The van der Waals surface area contributed by atoms with Crippen LogP contribution in [-0.4, -0.2) is 11.1 Å². The first kappa shape index (κ1) is 6.33. The van der Waals surface area contributed by atoms with Gasteiger partial charge in [0.15, 0.2) is 0 Å². The number of allylic oxidation sites excluding steroid dienone is 1. The van der Waals surface area contributed by atoms with E-state index in [1.807, 2.05) is 0 Å². The van der Waals surface area contributed by atoms with Crippen LogP contribution < -0.4 is 0 Å². The van der Waals surface area contributed by atoms with Crippen LogP contribution in [0.4, 0.5) is 0 Å². The summed E-state index contributed by atoms with van der Waals surface area (Å²) < 4.78 is 0. The Morgan fingerprint density at radius 1 is 1.78 bits per heavy atom. The second-order valence-corrected chi connectivity index (χ2v) is 2.53. The van der Waals surface area contributed by atoms with E-state index in [0.717, 1.165) is 18.4 Å². The minimum absolute atomic E-state index is 0.141. The van der Waals surface area contributed by atoms with E-state index in [2.05, 4.69) is 6.58 Å². The monoisotopic (exact) mass is 126 g/mol. The maximum absolute atomic E-state index is 10.3. The molecule has 1 aliphatic carbocycles. The van der Waals surface area contributed by atoms with E-state index in [1.54, 1.807) is 0 Å². The molecule has 9 heavy (non-hydrogen) atoms. The van der Waals surface area contributed by atoms with Crippen LogP contribution >= 0.6 is 0 Å².